The van der Waals surface area contributed by atoms with Gasteiger partial charge in [-0.25, -0.2) is 0 Å². The molecule has 3 rings (SSSR count). The van der Waals surface area contributed by atoms with Crippen LogP contribution in [0.4, 0.5) is 11.9 Å². The SMILES string of the molecule is CCCCN(c1nc(OCCC[Si](C)(C)[Si](C)C)nc(N(CCCC)C2CC(C)(C)NC(C)(C)C2)n1)C1CC(C)(C)NC(C)(C)C1. The molecule has 2 fully saturated rings. The molecular formula is C36H72N7OSi2. The Morgan fingerprint density at radius 2 is 1.09 bits per heavy atom. The molecule has 0 unspecified atom stereocenters. The molecule has 2 N–H and O–H groups in total. The molecule has 0 bridgehead atoms. The van der Waals surface area contributed by atoms with E-state index in [2.05, 4.69) is 116 Å². The average molecular weight is 675 g/mol. The van der Waals surface area contributed by atoms with Gasteiger partial charge in [-0.1, -0.05) is 58.9 Å². The third-order valence-corrected chi connectivity index (χ3v) is 23.5. The molecule has 0 aromatic carbocycles. The zero-order valence-electron chi connectivity index (χ0n) is 32.5. The van der Waals surface area contributed by atoms with Crippen LogP contribution in [-0.4, -0.2) is 84.8 Å². The highest BCUT2D eigenvalue weighted by atomic mass is 29.2. The van der Waals surface area contributed by atoms with E-state index < -0.39 is 7.59 Å². The van der Waals surface area contributed by atoms with Crippen molar-refractivity contribution in [1.29, 1.82) is 0 Å². The third-order valence-electron chi connectivity index (χ3n) is 10.4. The second-order valence-electron chi connectivity index (χ2n) is 18.1. The molecule has 2 saturated heterocycles. The smallest absolute Gasteiger partial charge is 0.323 e. The normalized spacial score (nSPS) is 21.4. The summed E-state index contributed by atoms with van der Waals surface area (Å²) < 4.78 is 6.50. The van der Waals surface area contributed by atoms with Crippen LogP contribution in [0, 0.1) is 0 Å². The van der Waals surface area contributed by atoms with Crippen molar-refractivity contribution in [3.05, 3.63) is 0 Å². The van der Waals surface area contributed by atoms with E-state index in [0.717, 1.165) is 82.8 Å². The molecule has 1 aromatic rings. The predicted octanol–water partition coefficient (Wildman–Crippen LogP) is 8.01. The lowest BCUT2D eigenvalue weighted by Crippen LogP contribution is -2.63. The second-order valence-corrected chi connectivity index (χ2v) is 31.4. The topological polar surface area (TPSA) is 78.4 Å². The maximum absolute atomic E-state index is 6.50. The number of unbranched alkanes of at least 4 members (excludes halogenated alkanes) is 2. The lowest BCUT2D eigenvalue weighted by Gasteiger charge is -2.50. The average Bonchev–Trinajstić information content (AvgIpc) is 2.88. The number of aromatic nitrogens is 3. The van der Waals surface area contributed by atoms with Crippen LogP contribution in [0.1, 0.15) is 127 Å². The van der Waals surface area contributed by atoms with E-state index in [1.165, 1.54) is 6.04 Å². The highest BCUT2D eigenvalue weighted by Crippen LogP contribution is 2.36. The summed E-state index contributed by atoms with van der Waals surface area (Å²) in [5.41, 5.74) is 0.115. The highest BCUT2D eigenvalue weighted by molar-refractivity contribution is 7.31. The first kappa shape index (κ1) is 39.2. The fourth-order valence-electron chi connectivity index (χ4n) is 8.11. The molecule has 0 atom stereocenters. The van der Waals surface area contributed by atoms with Crippen LogP contribution in [0.15, 0.2) is 0 Å². The fraction of sp³-hybridized carbons (Fsp3) is 0.917. The van der Waals surface area contributed by atoms with Gasteiger partial charge in [0, 0.05) is 63.2 Å². The van der Waals surface area contributed by atoms with Gasteiger partial charge in [0.1, 0.15) is 0 Å². The van der Waals surface area contributed by atoms with Crippen LogP contribution in [0.3, 0.4) is 0 Å². The largest absolute Gasteiger partial charge is 0.463 e. The minimum absolute atomic E-state index is 0.0288. The summed E-state index contributed by atoms with van der Waals surface area (Å²) in [6.07, 6.45) is 9.74. The zero-order chi connectivity index (χ0) is 34.6. The van der Waals surface area contributed by atoms with Crippen LogP contribution < -0.4 is 25.2 Å². The number of hydrogen-bond donors (Lipinski definition) is 2. The van der Waals surface area contributed by atoms with Crippen molar-refractivity contribution in [3.63, 3.8) is 0 Å². The Kier molecular flexibility index (Phi) is 13.2. The first-order valence-corrected chi connectivity index (χ1v) is 25.2. The molecule has 0 spiro atoms. The van der Waals surface area contributed by atoms with E-state index in [-0.39, 0.29) is 30.5 Å². The number of nitrogens with one attached hydrogen (secondary N) is 2. The first-order valence-electron chi connectivity index (χ1n) is 18.5. The van der Waals surface area contributed by atoms with Gasteiger partial charge < -0.3 is 25.2 Å². The summed E-state index contributed by atoms with van der Waals surface area (Å²) in [7, 11) is -1.42. The minimum atomic E-state index is -1.17. The van der Waals surface area contributed by atoms with Gasteiger partial charge in [0.2, 0.25) is 11.9 Å². The molecule has 1 radical (unpaired) electrons. The molecule has 0 saturated carbocycles. The van der Waals surface area contributed by atoms with Crippen molar-refractivity contribution >= 4 is 27.8 Å². The fourth-order valence-corrected chi connectivity index (χ4v) is 11.7. The van der Waals surface area contributed by atoms with Gasteiger partial charge in [0.25, 0.3) is 0 Å². The van der Waals surface area contributed by atoms with Gasteiger partial charge in [-0.3, -0.25) is 0 Å². The number of hydrogen-bond acceptors (Lipinski definition) is 8. The summed E-state index contributed by atoms with van der Waals surface area (Å²) in [6.45, 7) is 35.8. The van der Waals surface area contributed by atoms with Crippen LogP contribution in [0.25, 0.3) is 0 Å². The number of rotatable bonds is 16. The third kappa shape index (κ3) is 11.4. The number of ether oxygens (including phenoxy) is 1. The summed E-state index contributed by atoms with van der Waals surface area (Å²) in [5.74, 6) is 1.59. The molecule has 0 aliphatic carbocycles. The first-order chi connectivity index (χ1) is 21.2. The predicted molar refractivity (Wildman–Crippen MR) is 203 cm³/mol. The maximum Gasteiger partial charge on any atom is 0.323 e. The summed E-state index contributed by atoms with van der Waals surface area (Å²) in [4.78, 5) is 20.7. The second kappa shape index (κ2) is 15.5. The minimum Gasteiger partial charge on any atom is -0.463 e. The Balaban J connectivity index is 2.08. The molecular weight excluding hydrogens is 603 g/mol. The van der Waals surface area contributed by atoms with Gasteiger partial charge in [0.05, 0.1) is 6.61 Å². The van der Waals surface area contributed by atoms with Crippen LogP contribution in [-0.2, 0) is 0 Å². The molecule has 46 heavy (non-hydrogen) atoms. The Morgan fingerprint density at radius 1 is 0.696 bits per heavy atom. The van der Waals surface area contributed by atoms with Crippen LogP contribution in [0.2, 0.25) is 32.2 Å². The quantitative estimate of drug-likeness (QED) is 0.135. The van der Waals surface area contributed by atoms with E-state index in [1.807, 2.05) is 0 Å². The van der Waals surface area contributed by atoms with E-state index in [4.69, 9.17) is 19.7 Å². The van der Waals surface area contributed by atoms with Crippen molar-refractivity contribution in [3.8, 4) is 6.01 Å². The van der Waals surface area contributed by atoms with Gasteiger partial charge in [0.15, 0.2) is 0 Å². The zero-order valence-corrected chi connectivity index (χ0v) is 34.5. The molecule has 2 aliphatic rings. The van der Waals surface area contributed by atoms with E-state index in [0.29, 0.717) is 24.7 Å². The molecule has 10 heteroatoms. The molecule has 3 heterocycles. The van der Waals surface area contributed by atoms with E-state index in [1.54, 1.807) is 0 Å². The molecule has 1 aromatic heterocycles. The Hall–Kier alpha value is -1.24. The van der Waals surface area contributed by atoms with Crippen molar-refractivity contribution in [2.45, 2.75) is 193 Å². The standard InChI is InChI=1S/C36H72N7OSi2/c1-15-17-20-42(28-24-33(3,4)40-34(5,6)25-28)30-37-31(39-32(38-30)44-22-19-23-46(13,14)45(11)12)43(21-18-16-2)29-26-35(7,8)41-36(9,10)27-29/h28-29,40-41H,15-27H2,1-14H3. The molecule has 265 valence electrons. The molecule has 8 nitrogen and oxygen atoms in total. The van der Waals surface area contributed by atoms with E-state index in [9.17, 15) is 0 Å². The lowest BCUT2D eigenvalue weighted by molar-refractivity contribution is 0.157. The summed E-state index contributed by atoms with van der Waals surface area (Å²) >= 11 is 0. The van der Waals surface area contributed by atoms with Crippen LogP contribution >= 0.6 is 0 Å². The van der Waals surface area contributed by atoms with Gasteiger partial charge in [-0.15, -0.1) is 0 Å². The van der Waals surface area contributed by atoms with Crippen molar-refractivity contribution in [1.82, 2.24) is 25.6 Å². The van der Waals surface area contributed by atoms with Crippen molar-refractivity contribution in [2.75, 3.05) is 29.5 Å². The van der Waals surface area contributed by atoms with E-state index >= 15 is 0 Å². The van der Waals surface area contributed by atoms with Gasteiger partial charge >= 0.3 is 6.01 Å². The van der Waals surface area contributed by atoms with Gasteiger partial charge in [-0.2, -0.15) is 15.0 Å². The monoisotopic (exact) mass is 675 g/mol. The highest BCUT2D eigenvalue weighted by Gasteiger charge is 2.43. The summed E-state index contributed by atoms with van der Waals surface area (Å²) in [5, 5.41) is 7.78. The van der Waals surface area contributed by atoms with Gasteiger partial charge in [-0.05, 0) is 100 Å². The molecule has 2 aliphatic heterocycles. The van der Waals surface area contributed by atoms with Crippen molar-refractivity contribution < 1.29 is 4.74 Å². The molecule has 0 amide bonds. The summed E-state index contributed by atoms with van der Waals surface area (Å²) in [6, 6.07) is 2.47. The number of piperidine rings is 2. The Bertz CT molecular complexity index is 1010. The Labute approximate surface area is 286 Å². The van der Waals surface area contributed by atoms with Crippen LogP contribution in [0.5, 0.6) is 6.01 Å². The number of nitrogens with zero attached hydrogens (tertiary/aromatic N) is 5. The maximum atomic E-state index is 6.50. The number of anilines is 2. The van der Waals surface area contributed by atoms with Crippen molar-refractivity contribution in [2.24, 2.45) is 0 Å². The lowest BCUT2D eigenvalue weighted by atomic mass is 9.79. The Morgan fingerprint density at radius 3 is 1.43 bits per heavy atom.